The quantitative estimate of drug-likeness (QED) is 0.517. The van der Waals surface area contributed by atoms with Crippen molar-refractivity contribution in [3.05, 3.63) is 46.6 Å². The minimum Gasteiger partial charge on any atom is -0.342 e. The van der Waals surface area contributed by atoms with Gasteiger partial charge in [-0.15, -0.1) is 0 Å². The number of para-hydroxylation sites is 1. The molecule has 2 fully saturated rings. The molecule has 3 N–H and O–H groups in total. The highest BCUT2D eigenvalue weighted by Gasteiger charge is 2.36. The number of amides is 2. The molecular formula is C21H21ClN6O2. The van der Waals surface area contributed by atoms with Crippen LogP contribution < -0.4 is 16.0 Å². The van der Waals surface area contributed by atoms with Crippen molar-refractivity contribution in [3.63, 3.8) is 0 Å². The molecule has 30 heavy (non-hydrogen) atoms. The molecule has 3 heterocycles. The van der Waals surface area contributed by atoms with Gasteiger partial charge in [0.1, 0.15) is 12.0 Å². The monoisotopic (exact) mass is 424 g/mol. The third-order valence-electron chi connectivity index (χ3n) is 5.54. The summed E-state index contributed by atoms with van der Waals surface area (Å²) in [4.78, 5) is 28.4. The molecule has 2 aromatic rings. The van der Waals surface area contributed by atoms with Crippen LogP contribution in [0.4, 0.5) is 11.5 Å². The second-order valence-corrected chi connectivity index (χ2v) is 8.28. The number of hydrogen-bond donors (Lipinski definition) is 3. The maximum Gasteiger partial charge on any atom is 0.254 e. The number of halogens is 1. The molecule has 2 amide bonds. The molecule has 1 aromatic heterocycles. The first kappa shape index (κ1) is 19.0. The molecule has 1 saturated carbocycles. The summed E-state index contributed by atoms with van der Waals surface area (Å²) in [5.74, 6) is 0.765. The number of benzene rings is 1. The lowest BCUT2D eigenvalue weighted by Gasteiger charge is -2.32. The van der Waals surface area contributed by atoms with E-state index in [0.29, 0.717) is 28.0 Å². The Morgan fingerprint density at radius 2 is 2.07 bits per heavy atom. The SMILES string of the molecule is CC1C(Nc2ccccc2Cl)=Nc2c(/C=C3\CC(=O)NC3=O)cnn2C1NC1CC1. The fourth-order valence-electron chi connectivity index (χ4n) is 3.72. The average Bonchev–Trinajstić information content (AvgIpc) is 3.37. The number of aliphatic imine (C=N–C) groups is 1. The van der Waals surface area contributed by atoms with Crippen LogP contribution in [0.1, 0.15) is 37.9 Å². The van der Waals surface area contributed by atoms with Gasteiger partial charge in [0.05, 0.1) is 29.2 Å². The number of amidine groups is 1. The lowest BCUT2D eigenvalue weighted by atomic mass is 10.0. The maximum absolute atomic E-state index is 12.0. The Morgan fingerprint density at radius 1 is 1.27 bits per heavy atom. The molecule has 1 aromatic carbocycles. The minimum absolute atomic E-state index is 0.0196. The van der Waals surface area contributed by atoms with E-state index in [4.69, 9.17) is 16.6 Å². The number of carbonyl (C=O) groups excluding carboxylic acids is 2. The fraction of sp³-hybridized carbons (Fsp3) is 0.333. The molecule has 0 radical (unpaired) electrons. The first-order valence-electron chi connectivity index (χ1n) is 9.98. The van der Waals surface area contributed by atoms with Gasteiger partial charge in [0.25, 0.3) is 5.91 Å². The predicted octanol–water partition coefficient (Wildman–Crippen LogP) is 3.01. The number of anilines is 1. The molecule has 154 valence electrons. The van der Waals surface area contributed by atoms with Crippen LogP contribution in [0.2, 0.25) is 5.02 Å². The number of fused-ring (bicyclic) bond motifs is 1. The summed E-state index contributed by atoms with van der Waals surface area (Å²) in [6.45, 7) is 2.09. The Kier molecular flexibility index (Phi) is 4.67. The van der Waals surface area contributed by atoms with Crippen LogP contribution in [0, 0.1) is 5.92 Å². The first-order valence-corrected chi connectivity index (χ1v) is 10.4. The summed E-state index contributed by atoms with van der Waals surface area (Å²) in [5.41, 5.74) is 1.89. The topological polar surface area (TPSA) is 100 Å². The second kappa shape index (κ2) is 7.37. The molecule has 2 aliphatic heterocycles. The Balaban J connectivity index is 1.54. The number of nitrogens with one attached hydrogen (secondary N) is 3. The highest BCUT2D eigenvalue weighted by Crippen LogP contribution is 2.36. The van der Waals surface area contributed by atoms with E-state index >= 15 is 0 Å². The van der Waals surface area contributed by atoms with Gasteiger partial charge in [0.15, 0.2) is 5.82 Å². The van der Waals surface area contributed by atoms with Crippen LogP contribution in [-0.4, -0.2) is 33.5 Å². The molecule has 0 bridgehead atoms. The zero-order valence-electron chi connectivity index (χ0n) is 16.4. The van der Waals surface area contributed by atoms with E-state index in [1.165, 1.54) is 0 Å². The Hall–Kier alpha value is -2.97. The van der Waals surface area contributed by atoms with Crippen molar-refractivity contribution in [1.29, 1.82) is 0 Å². The molecule has 1 aliphatic carbocycles. The summed E-state index contributed by atoms with van der Waals surface area (Å²) in [6, 6.07) is 7.99. The Morgan fingerprint density at radius 3 is 2.77 bits per heavy atom. The van der Waals surface area contributed by atoms with Crippen LogP contribution in [0.15, 0.2) is 41.0 Å². The van der Waals surface area contributed by atoms with Gasteiger partial charge in [-0.2, -0.15) is 5.10 Å². The molecule has 9 heteroatoms. The Bertz CT molecular complexity index is 1100. The number of hydrogen-bond acceptors (Lipinski definition) is 6. The van der Waals surface area contributed by atoms with Gasteiger partial charge in [-0.3, -0.25) is 20.2 Å². The van der Waals surface area contributed by atoms with Gasteiger partial charge < -0.3 is 5.32 Å². The standard InChI is InChI=1S/C21H21ClN6O2/c1-11-18(25-16-5-3-2-4-15(16)22)27-20-13(8-12-9-17(29)26-21(12)30)10-23-28(20)19(11)24-14-6-7-14/h2-5,8,10-11,14,19,24H,6-7,9H2,1H3,(H,25,27)(H,26,29,30)/b12-8+. The van der Waals surface area contributed by atoms with Crippen LogP contribution in [0.3, 0.4) is 0 Å². The number of aromatic nitrogens is 2. The normalized spacial score (nSPS) is 24.6. The fourth-order valence-corrected chi connectivity index (χ4v) is 3.91. The van der Waals surface area contributed by atoms with Gasteiger partial charge in [-0.25, -0.2) is 9.67 Å². The van der Waals surface area contributed by atoms with E-state index in [2.05, 4.69) is 28.0 Å². The lowest BCUT2D eigenvalue weighted by Crippen LogP contribution is -2.41. The molecule has 1 saturated heterocycles. The third-order valence-corrected chi connectivity index (χ3v) is 5.87. The average molecular weight is 425 g/mol. The summed E-state index contributed by atoms with van der Waals surface area (Å²) in [7, 11) is 0. The summed E-state index contributed by atoms with van der Waals surface area (Å²) < 4.78 is 1.86. The van der Waals surface area contributed by atoms with Crippen molar-refractivity contribution in [1.82, 2.24) is 20.4 Å². The van der Waals surface area contributed by atoms with Crippen LogP contribution in [-0.2, 0) is 9.59 Å². The third kappa shape index (κ3) is 3.53. The summed E-state index contributed by atoms with van der Waals surface area (Å²) in [6.07, 6.45) is 5.65. The van der Waals surface area contributed by atoms with E-state index in [1.807, 2.05) is 28.9 Å². The van der Waals surface area contributed by atoms with Gasteiger partial charge in [-0.1, -0.05) is 30.7 Å². The molecule has 2 atom stereocenters. The minimum atomic E-state index is -0.366. The van der Waals surface area contributed by atoms with E-state index in [9.17, 15) is 9.59 Å². The lowest BCUT2D eigenvalue weighted by molar-refractivity contribution is -0.124. The first-order chi connectivity index (χ1) is 14.5. The van der Waals surface area contributed by atoms with E-state index in [1.54, 1.807) is 12.3 Å². The van der Waals surface area contributed by atoms with Crippen molar-refractivity contribution in [2.45, 2.75) is 38.4 Å². The summed E-state index contributed by atoms with van der Waals surface area (Å²) in [5, 5.41) is 14.5. The maximum atomic E-state index is 12.0. The zero-order valence-corrected chi connectivity index (χ0v) is 17.1. The molecule has 2 unspecified atom stereocenters. The number of carbonyl (C=O) groups is 2. The second-order valence-electron chi connectivity index (χ2n) is 7.87. The van der Waals surface area contributed by atoms with Gasteiger partial charge in [-0.05, 0) is 31.1 Å². The zero-order chi connectivity index (χ0) is 20.8. The molecule has 0 spiro atoms. The highest BCUT2D eigenvalue weighted by atomic mass is 35.5. The smallest absolute Gasteiger partial charge is 0.254 e. The molecular weight excluding hydrogens is 404 g/mol. The predicted molar refractivity (Wildman–Crippen MR) is 114 cm³/mol. The largest absolute Gasteiger partial charge is 0.342 e. The molecule has 8 nitrogen and oxygen atoms in total. The van der Waals surface area contributed by atoms with Crippen LogP contribution in [0.25, 0.3) is 6.08 Å². The Labute approximate surface area is 178 Å². The van der Waals surface area contributed by atoms with Crippen molar-refractivity contribution >= 4 is 46.8 Å². The highest BCUT2D eigenvalue weighted by molar-refractivity contribution is 6.33. The number of rotatable bonds is 4. The van der Waals surface area contributed by atoms with Gasteiger partial charge in [0.2, 0.25) is 5.91 Å². The van der Waals surface area contributed by atoms with Gasteiger partial charge in [0, 0.05) is 17.2 Å². The van der Waals surface area contributed by atoms with E-state index < -0.39 is 0 Å². The number of imide groups is 1. The van der Waals surface area contributed by atoms with Crippen LogP contribution in [0.5, 0.6) is 0 Å². The van der Waals surface area contributed by atoms with Crippen molar-refractivity contribution in [3.8, 4) is 0 Å². The number of nitrogens with zero attached hydrogens (tertiary/aromatic N) is 3. The van der Waals surface area contributed by atoms with Crippen molar-refractivity contribution in [2.75, 3.05) is 5.32 Å². The molecule has 5 rings (SSSR count). The van der Waals surface area contributed by atoms with Crippen molar-refractivity contribution < 1.29 is 9.59 Å². The molecule has 3 aliphatic rings. The van der Waals surface area contributed by atoms with Gasteiger partial charge >= 0.3 is 0 Å². The van der Waals surface area contributed by atoms with Crippen molar-refractivity contribution in [2.24, 2.45) is 10.9 Å². The van der Waals surface area contributed by atoms with Crippen LogP contribution >= 0.6 is 11.6 Å². The summed E-state index contributed by atoms with van der Waals surface area (Å²) >= 11 is 6.34. The van der Waals surface area contributed by atoms with E-state index in [0.717, 1.165) is 24.4 Å². The van der Waals surface area contributed by atoms with E-state index in [-0.39, 0.29) is 30.3 Å².